The highest BCUT2D eigenvalue weighted by Crippen LogP contribution is 2.26. The fourth-order valence-corrected chi connectivity index (χ4v) is 3.83. The van der Waals surface area contributed by atoms with E-state index >= 15 is 0 Å². The minimum Gasteiger partial charge on any atom is -0.356 e. The van der Waals surface area contributed by atoms with E-state index in [1.165, 1.54) is 22.7 Å². The molecule has 0 atom stereocenters. The number of rotatable bonds is 5. The van der Waals surface area contributed by atoms with Crippen molar-refractivity contribution in [3.8, 4) is 17.3 Å². The van der Waals surface area contributed by atoms with Gasteiger partial charge in [0, 0.05) is 17.4 Å². The SMILES string of the molecule is O=c1c2ccccc2nc(SCc2cc(-c3ccccc3)on2)n1-c1ncn[nH]1. The van der Waals surface area contributed by atoms with Crippen LogP contribution in [0, 0.1) is 0 Å². The summed E-state index contributed by atoms with van der Waals surface area (Å²) >= 11 is 1.38. The molecule has 3 heterocycles. The Morgan fingerprint density at radius 3 is 2.72 bits per heavy atom. The van der Waals surface area contributed by atoms with Crippen LogP contribution in [0.1, 0.15) is 5.69 Å². The first-order valence-electron chi connectivity index (χ1n) is 8.81. The Morgan fingerprint density at radius 2 is 1.90 bits per heavy atom. The molecule has 0 aliphatic rings. The Kier molecular flexibility index (Phi) is 4.41. The molecule has 0 bridgehead atoms. The maximum Gasteiger partial charge on any atom is 0.269 e. The molecule has 2 aromatic carbocycles. The molecule has 142 valence electrons. The van der Waals surface area contributed by atoms with Crippen molar-refractivity contribution in [1.82, 2.24) is 29.9 Å². The summed E-state index contributed by atoms with van der Waals surface area (Å²) in [6, 6.07) is 18.9. The Bertz CT molecular complexity index is 1330. The summed E-state index contributed by atoms with van der Waals surface area (Å²) in [7, 11) is 0. The van der Waals surface area contributed by atoms with Gasteiger partial charge in [0.1, 0.15) is 6.33 Å². The molecular weight excluding hydrogens is 388 g/mol. The van der Waals surface area contributed by atoms with Gasteiger partial charge >= 0.3 is 0 Å². The standard InChI is InChI=1S/C20H14N6O2S/c27-18-15-8-4-5-9-16(15)23-20(26(18)19-21-12-22-24-19)29-11-14-10-17(28-25-14)13-6-2-1-3-7-13/h1-10,12H,11H2,(H,21,22,24). The van der Waals surface area contributed by atoms with Gasteiger partial charge in [0.05, 0.1) is 16.6 Å². The monoisotopic (exact) mass is 402 g/mol. The van der Waals surface area contributed by atoms with Crippen molar-refractivity contribution in [3.05, 3.63) is 83.0 Å². The van der Waals surface area contributed by atoms with Crippen molar-refractivity contribution in [1.29, 1.82) is 0 Å². The van der Waals surface area contributed by atoms with Crippen molar-refractivity contribution in [2.45, 2.75) is 10.9 Å². The molecule has 9 heteroatoms. The Balaban J connectivity index is 1.50. The van der Waals surface area contributed by atoms with Gasteiger partial charge in [-0.05, 0) is 12.1 Å². The Labute approximate surface area is 168 Å². The van der Waals surface area contributed by atoms with Crippen molar-refractivity contribution in [2.75, 3.05) is 0 Å². The number of nitrogens with one attached hydrogen (secondary N) is 1. The Hall–Kier alpha value is -3.72. The van der Waals surface area contributed by atoms with E-state index in [0.29, 0.717) is 33.5 Å². The third-order valence-electron chi connectivity index (χ3n) is 4.33. The lowest BCUT2D eigenvalue weighted by atomic mass is 10.2. The van der Waals surface area contributed by atoms with Gasteiger partial charge in [0.15, 0.2) is 10.9 Å². The van der Waals surface area contributed by atoms with Crippen molar-refractivity contribution in [2.24, 2.45) is 0 Å². The highest BCUT2D eigenvalue weighted by Gasteiger charge is 2.16. The molecule has 3 aromatic heterocycles. The molecule has 0 saturated carbocycles. The van der Waals surface area contributed by atoms with E-state index in [0.717, 1.165) is 11.3 Å². The summed E-state index contributed by atoms with van der Waals surface area (Å²) in [6.07, 6.45) is 1.36. The zero-order valence-corrected chi connectivity index (χ0v) is 15.8. The fraction of sp³-hybridized carbons (Fsp3) is 0.0500. The van der Waals surface area contributed by atoms with E-state index in [4.69, 9.17) is 4.52 Å². The molecule has 0 fully saturated rings. The minimum atomic E-state index is -0.208. The van der Waals surface area contributed by atoms with Gasteiger partial charge in [-0.2, -0.15) is 10.1 Å². The quantitative estimate of drug-likeness (QED) is 0.355. The van der Waals surface area contributed by atoms with Crippen LogP contribution >= 0.6 is 11.8 Å². The van der Waals surface area contributed by atoms with Crippen molar-refractivity contribution < 1.29 is 4.52 Å². The molecule has 0 saturated heterocycles. The number of para-hydroxylation sites is 1. The Morgan fingerprint density at radius 1 is 1.07 bits per heavy atom. The molecule has 29 heavy (non-hydrogen) atoms. The minimum absolute atomic E-state index is 0.208. The number of aromatic nitrogens is 6. The average molecular weight is 402 g/mol. The van der Waals surface area contributed by atoms with Crippen LogP contribution in [0.15, 0.2) is 81.5 Å². The molecular formula is C20H14N6O2S. The third-order valence-corrected chi connectivity index (χ3v) is 5.30. The molecule has 8 nitrogen and oxygen atoms in total. The predicted molar refractivity (Wildman–Crippen MR) is 109 cm³/mol. The van der Waals surface area contributed by atoms with Gasteiger partial charge in [-0.25, -0.2) is 14.6 Å². The molecule has 0 unspecified atom stereocenters. The normalized spacial score (nSPS) is 11.2. The van der Waals surface area contributed by atoms with Crippen LogP contribution in [0.2, 0.25) is 0 Å². The molecule has 1 N–H and O–H groups in total. The van der Waals surface area contributed by atoms with Crippen molar-refractivity contribution in [3.63, 3.8) is 0 Å². The second-order valence-electron chi connectivity index (χ2n) is 6.20. The van der Waals surface area contributed by atoms with Crippen LogP contribution in [0.25, 0.3) is 28.2 Å². The second-order valence-corrected chi connectivity index (χ2v) is 7.14. The van der Waals surface area contributed by atoms with E-state index in [2.05, 4.69) is 25.3 Å². The molecule has 0 spiro atoms. The zero-order valence-electron chi connectivity index (χ0n) is 15.0. The number of nitrogens with zero attached hydrogens (tertiary/aromatic N) is 5. The van der Waals surface area contributed by atoms with Gasteiger partial charge in [-0.15, -0.1) is 0 Å². The topological polar surface area (TPSA) is 102 Å². The molecule has 5 aromatic rings. The summed E-state index contributed by atoms with van der Waals surface area (Å²) in [5, 5.41) is 11.7. The predicted octanol–water partition coefficient (Wildman–Crippen LogP) is 3.45. The summed E-state index contributed by atoms with van der Waals surface area (Å²) in [4.78, 5) is 21.8. The van der Waals surface area contributed by atoms with Gasteiger partial charge in [0.25, 0.3) is 5.56 Å². The number of thioether (sulfide) groups is 1. The van der Waals surface area contributed by atoms with E-state index in [1.54, 1.807) is 6.07 Å². The fourth-order valence-electron chi connectivity index (χ4n) is 2.96. The number of hydrogen-bond donors (Lipinski definition) is 1. The van der Waals surface area contributed by atoms with E-state index in [9.17, 15) is 4.79 Å². The first kappa shape index (κ1) is 17.4. The van der Waals surface area contributed by atoms with Crippen LogP contribution in [0.3, 0.4) is 0 Å². The summed E-state index contributed by atoms with van der Waals surface area (Å²) in [5.74, 6) is 1.50. The molecule has 5 rings (SSSR count). The molecule has 0 aliphatic carbocycles. The highest BCUT2D eigenvalue weighted by molar-refractivity contribution is 7.98. The van der Waals surface area contributed by atoms with Gasteiger partial charge < -0.3 is 4.52 Å². The van der Waals surface area contributed by atoms with E-state index in [1.807, 2.05) is 54.6 Å². The first-order valence-corrected chi connectivity index (χ1v) is 9.79. The van der Waals surface area contributed by atoms with E-state index < -0.39 is 0 Å². The maximum atomic E-state index is 13.0. The number of fused-ring (bicyclic) bond motifs is 1. The molecule has 0 radical (unpaired) electrons. The third kappa shape index (κ3) is 3.32. The number of aromatic amines is 1. The lowest BCUT2D eigenvalue weighted by molar-refractivity contribution is 0.426. The average Bonchev–Trinajstić information content (AvgIpc) is 3.45. The summed E-state index contributed by atoms with van der Waals surface area (Å²) in [6.45, 7) is 0. The largest absolute Gasteiger partial charge is 0.356 e. The zero-order chi connectivity index (χ0) is 19.6. The van der Waals surface area contributed by atoms with Gasteiger partial charge in [-0.1, -0.05) is 59.4 Å². The number of benzene rings is 2. The second kappa shape index (κ2) is 7.36. The van der Waals surface area contributed by atoms with Gasteiger partial charge in [0.2, 0.25) is 5.95 Å². The number of H-pyrrole nitrogens is 1. The van der Waals surface area contributed by atoms with Crippen LogP contribution in [-0.4, -0.2) is 29.9 Å². The lowest BCUT2D eigenvalue weighted by Gasteiger charge is -2.09. The van der Waals surface area contributed by atoms with Crippen LogP contribution in [-0.2, 0) is 5.75 Å². The van der Waals surface area contributed by atoms with Gasteiger partial charge in [-0.3, -0.25) is 4.79 Å². The summed E-state index contributed by atoms with van der Waals surface area (Å²) in [5.41, 5.74) is 2.12. The van der Waals surface area contributed by atoms with Crippen molar-refractivity contribution >= 4 is 22.7 Å². The first-order chi connectivity index (χ1) is 14.3. The number of hydrogen-bond acceptors (Lipinski definition) is 7. The molecule has 0 amide bonds. The van der Waals surface area contributed by atoms with Crippen LogP contribution in [0.4, 0.5) is 0 Å². The van der Waals surface area contributed by atoms with Crippen LogP contribution in [0.5, 0.6) is 0 Å². The maximum absolute atomic E-state index is 13.0. The lowest BCUT2D eigenvalue weighted by Crippen LogP contribution is -2.22. The molecule has 0 aliphatic heterocycles. The van der Waals surface area contributed by atoms with Crippen LogP contribution < -0.4 is 5.56 Å². The summed E-state index contributed by atoms with van der Waals surface area (Å²) < 4.78 is 6.88. The smallest absolute Gasteiger partial charge is 0.269 e. The van der Waals surface area contributed by atoms with E-state index in [-0.39, 0.29) is 5.56 Å². The highest BCUT2D eigenvalue weighted by atomic mass is 32.2.